The van der Waals surface area contributed by atoms with Gasteiger partial charge in [-0.25, -0.2) is 0 Å². The van der Waals surface area contributed by atoms with E-state index in [1.165, 1.54) is 0 Å². The first-order valence-corrected chi connectivity index (χ1v) is 3.64. The number of ether oxygens (including phenoxy) is 1. The smallest absolute Gasteiger partial charge is 0.151 e. The Morgan fingerprint density at radius 3 is 2.00 bits per heavy atom. The number of hydrogen-bond donors (Lipinski definition) is 0. The van der Waals surface area contributed by atoms with E-state index in [-0.39, 0.29) is 5.60 Å². The Hall–Kier alpha value is -0.370. The van der Waals surface area contributed by atoms with Crippen molar-refractivity contribution in [1.82, 2.24) is 0 Å². The summed E-state index contributed by atoms with van der Waals surface area (Å²) in [5, 5.41) is 0. The molecule has 0 spiro atoms. The van der Waals surface area contributed by atoms with Gasteiger partial charge in [-0.05, 0) is 33.6 Å². The molecule has 0 bridgehead atoms. The van der Waals surface area contributed by atoms with Crippen LogP contribution >= 0.6 is 0 Å². The Morgan fingerprint density at radius 1 is 1.40 bits per heavy atom. The number of rotatable bonds is 2. The molecule has 1 aliphatic carbocycles. The number of carbonyl (C=O) groups is 1. The molecule has 0 N–H and O–H groups in total. The van der Waals surface area contributed by atoms with Crippen LogP contribution in [0.15, 0.2) is 0 Å². The molecule has 2 heteroatoms. The van der Waals surface area contributed by atoms with Gasteiger partial charge in [-0.2, -0.15) is 0 Å². The minimum absolute atomic E-state index is 0.183. The molecular weight excluding hydrogens is 128 g/mol. The summed E-state index contributed by atoms with van der Waals surface area (Å²) in [6.07, 6.45) is 2.72. The van der Waals surface area contributed by atoms with Crippen LogP contribution in [0.25, 0.3) is 0 Å². The van der Waals surface area contributed by atoms with Gasteiger partial charge in [-0.3, -0.25) is 0 Å². The van der Waals surface area contributed by atoms with Crippen LogP contribution in [0.4, 0.5) is 0 Å². The lowest BCUT2D eigenvalue weighted by molar-refractivity contribution is -0.132. The highest BCUT2D eigenvalue weighted by molar-refractivity contribution is 5.66. The molecular formula is C8H14O2. The highest BCUT2D eigenvalue weighted by Crippen LogP contribution is 2.40. The summed E-state index contributed by atoms with van der Waals surface area (Å²) in [5.74, 6) is 0. The second-order valence-electron chi connectivity index (χ2n) is 3.90. The lowest BCUT2D eigenvalue weighted by atomic mass is 10.2. The molecule has 0 saturated heterocycles. The fraction of sp³-hybridized carbons (Fsp3) is 0.875. The Kier molecular flexibility index (Phi) is 1.59. The van der Waals surface area contributed by atoms with Gasteiger partial charge < -0.3 is 9.53 Å². The summed E-state index contributed by atoms with van der Waals surface area (Å²) in [6, 6.07) is 0. The third-order valence-corrected chi connectivity index (χ3v) is 1.47. The van der Waals surface area contributed by atoms with Gasteiger partial charge in [-0.15, -0.1) is 0 Å². The van der Waals surface area contributed by atoms with E-state index in [2.05, 4.69) is 0 Å². The van der Waals surface area contributed by atoms with Crippen LogP contribution in [0, 0.1) is 0 Å². The van der Waals surface area contributed by atoms with Gasteiger partial charge in [0.1, 0.15) is 5.60 Å². The minimum atomic E-state index is -0.405. The van der Waals surface area contributed by atoms with E-state index in [9.17, 15) is 4.79 Å². The zero-order chi connectivity index (χ0) is 7.83. The molecule has 0 heterocycles. The average molecular weight is 142 g/mol. The van der Waals surface area contributed by atoms with E-state index >= 15 is 0 Å². The summed E-state index contributed by atoms with van der Waals surface area (Å²) < 4.78 is 5.52. The molecule has 0 aliphatic heterocycles. The van der Waals surface area contributed by atoms with E-state index in [1.807, 2.05) is 20.8 Å². The third kappa shape index (κ3) is 1.81. The standard InChI is InChI=1S/C8H14O2/c1-7(2,3)10-8(6-9)4-5-8/h6H,4-5H2,1-3H3. The summed E-state index contributed by atoms with van der Waals surface area (Å²) in [6.45, 7) is 5.91. The Morgan fingerprint density at radius 2 is 1.90 bits per heavy atom. The molecule has 0 unspecified atom stereocenters. The zero-order valence-electron chi connectivity index (χ0n) is 6.81. The molecule has 0 radical (unpaired) electrons. The Labute approximate surface area is 61.6 Å². The molecule has 1 saturated carbocycles. The van der Waals surface area contributed by atoms with Crippen molar-refractivity contribution in [3.8, 4) is 0 Å². The monoisotopic (exact) mass is 142 g/mol. The van der Waals surface area contributed by atoms with Gasteiger partial charge >= 0.3 is 0 Å². The molecule has 0 aromatic rings. The maximum atomic E-state index is 10.4. The van der Waals surface area contributed by atoms with E-state index in [0.717, 1.165) is 19.1 Å². The third-order valence-electron chi connectivity index (χ3n) is 1.47. The van der Waals surface area contributed by atoms with Crippen molar-refractivity contribution in [2.45, 2.75) is 44.8 Å². The first kappa shape index (κ1) is 7.73. The van der Waals surface area contributed by atoms with Crippen LogP contribution in [-0.2, 0) is 9.53 Å². The number of carbonyl (C=O) groups excluding carboxylic acids is 1. The maximum Gasteiger partial charge on any atom is 0.151 e. The van der Waals surface area contributed by atoms with Crippen LogP contribution in [-0.4, -0.2) is 17.5 Å². The molecule has 58 valence electrons. The van der Waals surface area contributed by atoms with Crippen molar-refractivity contribution in [2.24, 2.45) is 0 Å². The van der Waals surface area contributed by atoms with Gasteiger partial charge in [0.05, 0.1) is 5.60 Å². The molecule has 1 aliphatic rings. The van der Waals surface area contributed by atoms with Crippen LogP contribution in [0.1, 0.15) is 33.6 Å². The van der Waals surface area contributed by atoms with Crippen LogP contribution in [0.5, 0.6) is 0 Å². The van der Waals surface area contributed by atoms with Crippen LogP contribution in [0.2, 0.25) is 0 Å². The molecule has 1 rings (SSSR count). The van der Waals surface area contributed by atoms with Gasteiger partial charge in [0.25, 0.3) is 0 Å². The topological polar surface area (TPSA) is 26.3 Å². The van der Waals surface area contributed by atoms with Gasteiger partial charge in [0, 0.05) is 0 Å². The minimum Gasteiger partial charge on any atom is -0.362 e. The van der Waals surface area contributed by atoms with E-state index in [4.69, 9.17) is 4.74 Å². The van der Waals surface area contributed by atoms with Crippen LogP contribution < -0.4 is 0 Å². The lowest BCUT2D eigenvalue weighted by Gasteiger charge is -2.23. The van der Waals surface area contributed by atoms with E-state index < -0.39 is 5.60 Å². The summed E-state index contributed by atoms with van der Waals surface area (Å²) in [4.78, 5) is 10.4. The predicted molar refractivity (Wildman–Crippen MR) is 38.9 cm³/mol. The molecule has 0 aromatic heterocycles. The van der Waals surface area contributed by atoms with Crippen LogP contribution in [0.3, 0.4) is 0 Å². The quantitative estimate of drug-likeness (QED) is 0.546. The van der Waals surface area contributed by atoms with Crippen molar-refractivity contribution in [3.05, 3.63) is 0 Å². The fourth-order valence-corrected chi connectivity index (χ4v) is 0.977. The largest absolute Gasteiger partial charge is 0.362 e. The zero-order valence-corrected chi connectivity index (χ0v) is 6.81. The molecule has 10 heavy (non-hydrogen) atoms. The predicted octanol–water partition coefficient (Wildman–Crippen LogP) is 1.53. The van der Waals surface area contributed by atoms with Gasteiger partial charge in [0.15, 0.2) is 6.29 Å². The Balaban J connectivity index is 2.45. The summed E-state index contributed by atoms with van der Waals surface area (Å²) in [5.41, 5.74) is -0.588. The maximum absolute atomic E-state index is 10.4. The SMILES string of the molecule is CC(C)(C)OC1(C=O)CC1. The highest BCUT2D eigenvalue weighted by Gasteiger charge is 2.46. The average Bonchev–Trinajstić information content (AvgIpc) is 2.45. The van der Waals surface area contributed by atoms with E-state index in [0.29, 0.717) is 0 Å². The van der Waals surface area contributed by atoms with E-state index in [1.54, 1.807) is 0 Å². The normalized spacial score (nSPS) is 22.3. The first-order valence-electron chi connectivity index (χ1n) is 3.64. The van der Waals surface area contributed by atoms with Gasteiger partial charge in [0.2, 0.25) is 0 Å². The van der Waals surface area contributed by atoms with Crippen molar-refractivity contribution in [3.63, 3.8) is 0 Å². The first-order chi connectivity index (χ1) is 4.47. The lowest BCUT2D eigenvalue weighted by Crippen LogP contribution is -2.29. The Bertz CT molecular complexity index is 140. The van der Waals surface area contributed by atoms with Crippen molar-refractivity contribution < 1.29 is 9.53 Å². The molecule has 0 atom stereocenters. The summed E-state index contributed by atoms with van der Waals surface area (Å²) >= 11 is 0. The second kappa shape index (κ2) is 2.06. The number of aldehydes is 1. The molecule has 1 fully saturated rings. The number of hydrogen-bond acceptors (Lipinski definition) is 2. The molecule has 0 amide bonds. The van der Waals surface area contributed by atoms with Crippen molar-refractivity contribution in [1.29, 1.82) is 0 Å². The fourth-order valence-electron chi connectivity index (χ4n) is 0.977. The molecule has 2 nitrogen and oxygen atoms in total. The second-order valence-corrected chi connectivity index (χ2v) is 3.90. The highest BCUT2D eigenvalue weighted by atomic mass is 16.5. The van der Waals surface area contributed by atoms with Crippen molar-refractivity contribution in [2.75, 3.05) is 0 Å². The van der Waals surface area contributed by atoms with Gasteiger partial charge in [-0.1, -0.05) is 0 Å². The van der Waals surface area contributed by atoms with Crippen molar-refractivity contribution >= 4 is 6.29 Å². The summed E-state index contributed by atoms with van der Waals surface area (Å²) in [7, 11) is 0. The molecule has 0 aromatic carbocycles.